The molecule has 1 heterocycles. The van der Waals surface area contributed by atoms with Crippen molar-refractivity contribution in [3.05, 3.63) is 48.5 Å². The molecule has 2 amide bonds. The lowest BCUT2D eigenvalue weighted by Crippen LogP contribution is -2.44. The number of rotatable bonds is 8. The molecule has 0 saturated carbocycles. The van der Waals surface area contributed by atoms with Gasteiger partial charge in [-0.1, -0.05) is 0 Å². The number of urea groups is 1. The Kier molecular flexibility index (Phi) is 6.75. The number of benzene rings is 1. The van der Waals surface area contributed by atoms with Gasteiger partial charge in [-0.15, -0.1) is 0 Å². The van der Waals surface area contributed by atoms with E-state index in [0.717, 1.165) is 0 Å². The Morgan fingerprint density at radius 3 is 2.62 bits per heavy atom. The normalized spacial score (nSPS) is 11.4. The summed E-state index contributed by atoms with van der Waals surface area (Å²) in [6, 6.07) is 6.97. The summed E-state index contributed by atoms with van der Waals surface area (Å²) >= 11 is 0. The minimum absolute atomic E-state index is 0.194. The lowest BCUT2D eigenvalue weighted by Gasteiger charge is -2.15. The minimum Gasteiger partial charge on any atom is -0.491 e. The Hall–Kier alpha value is -2.90. The molecule has 1 aromatic carbocycles. The van der Waals surface area contributed by atoms with E-state index in [0.29, 0.717) is 24.8 Å². The molecule has 0 radical (unpaired) electrons. The van der Waals surface area contributed by atoms with Gasteiger partial charge in [0.1, 0.15) is 18.2 Å². The van der Waals surface area contributed by atoms with E-state index in [-0.39, 0.29) is 24.5 Å². The standard InChI is InChI=1S/C16H20FN5O2/c1-12(11-24-14-5-3-13(17)4-6-14)22-16(23)21-10-9-20-15-18-7-2-8-19-15/h2-8,12H,9-11H2,1H3,(H,18,19,20)(H2,21,22,23)/t12-/m1/s1. The minimum atomic E-state index is -0.317. The largest absolute Gasteiger partial charge is 0.491 e. The van der Waals surface area contributed by atoms with E-state index in [1.165, 1.54) is 12.1 Å². The maximum absolute atomic E-state index is 12.8. The first-order chi connectivity index (χ1) is 11.6. The molecule has 1 aromatic heterocycles. The third kappa shape index (κ3) is 6.47. The molecule has 0 aliphatic heterocycles. The molecule has 0 saturated heterocycles. The molecule has 24 heavy (non-hydrogen) atoms. The predicted octanol–water partition coefficient (Wildman–Crippen LogP) is 1.79. The van der Waals surface area contributed by atoms with Gasteiger partial charge in [0.05, 0.1) is 6.04 Å². The fourth-order valence-electron chi connectivity index (χ4n) is 1.81. The van der Waals surface area contributed by atoms with Crippen molar-refractivity contribution < 1.29 is 13.9 Å². The number of ether oxygens (including phenoxy) is 1. The molecule has 0 bridgehead atoms. The van der Waals surface area contributed by atoms with E-state index in [9.17, 15) is 9.18 Å². The average molecular weight is 333 g/mol. The number of anilines is 1. The number of nitrogens with one attached hydrogen (secondary N) is 3. The fourth-order valence-corrected chi connectivity index (χ4v) is 1.81. The van der Waals surface area contributed by atoms with E-state index in [4.69, 9.17) is 4.74 Å². The molecule has 2 aromatic rings. The van der Waals surface area contributed by atoms with Crippen LogP contribution in [0.25, 0.3) is 0 Å². The summed E-state index contributed by atoms with van der Waals surface area (Å²) in [5, 5.41) is 8.45. The van der Waals surface area contributed by atoms with Crippen LogP contribution >= 0.6 is 0 Å². The van der Waals surface area contributed by atoms with Crippen molar-refractivity contribution in [2.45, 2.75) is 13.0 Å². The molecule has 7 nitrogen and oxygen atoms in total. The number of halogens is 1. The van der Waals surface area contributed by atoms with Crippen molar-refractivity contribution in [1.29, 1.82) is 0 Å². The Morgan fingerprint density at radius 2 is 1.92 bits per heavy atom. The summed E-state index contributed by atoms with van der Waals surface area (Å²) < 4.78 is 18.2. The molecule has 0 aliphatic carbocycles. The Bertz CT molecular complexity index is 624. The van der Waals surface area contributed by atoms with E-state index >= 15 is 0 Å². The van der Waals surface area contributed by atoms with Crippen LogP contribution in [0.5, 0.6) is 5.75 Å². The number of aromatic nitrogens is 2. The molecule has 0 aliphatic rings. The van der Waals surface area contributed by atoms with Crippen LogP contribution in [0, 0.1) is 5.82 Å². The van der Waals surface area contributed by atoms with Gasteiger partial charge < -0.3 is 20.7 Å². The summed E-state index contributed by atoms with van der Waals surface area (Å²) in [5.74, 6) is 0.751. The summed E-state index contributed by atoms with van der Waals surface area (Å²) in [6.07, 6.45) is 3.27. The van der Waals surface area contributed by atoms with Gasteiger partial charge in [0.15, 0.2) is 0 Å². The highest BCUT2D eigenvalue weighted by Gasteiger charge is 2.07. The first-order valence-electron chi connectivity index (χ1n) is 7.57. The van der Waals surface area contributed by atoms with Gasteiger partial charge in [-0.25, -0.2) is 19.2 Å². The number of hydrogen-bond donors (Lipinski definition) is 3. The summed E-state index contributed by atoms with van der Waals surface area (Å²) in [6.45, 7) is 3.04. The molecule has 0 spiro atoms. The van der Waals surface area contributed by atoms with Crippen molar-refractivity contribution >= 4 is 12.0 Å². The van der Waals surface area contributed by atoms with Crippen LogP contribution in [0.1, 0.15) is 6.92 Å². The zero-order valence-corrected chi connectivity index (χ0v) is 13.3. The van der Waals surface area contributed by atoms with Crippen molar-refractivity contribution in [3.8, 4) is 5.75 Å². The number of hydrogen-bond acceptors (Lipinski definition) is 5. The van der Waals surface area contributed by atoms with E-state index in [1.807, 2.05) is 6.92 Å². The van der Waals surface area contributed by atoms with E-state index < -0.39 is 0 Å². The number of carbonyl (C=O) groups is 1. The van der Waals surface area contributed by atoms with E-state index in [2.05, 4.69) is 25.9 Å². The molecule has 2 rings (SSSR count). The van der Waals surface area contributed by atoms with Crippen LogP contribution in [0.15, 0.2) is 42.7 Å². The Balaban J connectivity index is 1.58. The van der Waals surface area contributed by atoms with Crippen molar-refractivity contribution in [2.75, 3.05) is 25.0 Å². The second-order valence-corrected chi connectivity index (χ2v) is 5.07. The molecule has 3 N–H and O–H groups in total. The number of nitrogens with zero attached hydrogens (tertiary/aromatic N) is 2. The molecule has 128 valence electrons. The van der Waals surface area contributed by atoms with Gasteiger partial charge in [0, 0.05) is 25.5 Å². The second kappa shape index (κ2) is 9.29. The molecule has 0 fully saturated rings. The molecular formula is C16H20FN5O2. The third-order valence-corrected chi connectivity index (χ3v) is 2.95. The zero-order valence-electron chi connectivity index (χ0n) is 13.3. The number of carbonyl (C=O) groups excluding carboxylic acids is 1. The van der Waals surface area contributed by atoms with Crippen LogP contribution in [0.3, 0.4) is 0 Å². The van der Waals surface area contributed by atoms with E-state index in [1.54, 1.807) is 30.6 Å². The van der Waals surface area contributed by atoms with Gasteiger partial charge in [0.2, 0.25) is 5.95 Å². The highest BCUT2D eigenvalue weighted by molar-refractivity contribution is 5.74. The Labute approximate surface area is 139 Å². The van der Waals surface area contributed by atoms with Crippen LogP contribution in [0.2, 0.25) is 0 Å². The third-order valence-electron chi connectivity index (χ3n) is 2.95. The SMILES string of the molecule is C[C@H](COc1ccc(F)cc1)NC(=O)NCCNc1ncccn1. The van der Waals surface area contributed by atoms with Gasteiger partial charge in [-0.3, -0.25) is 0 Å². The fraction of sp³-hybridized carbons (Fsp3) is 0.312. The predicted molar refractivity (Wildman–Crippen MR) is 88.4 cm³/mol. The van der Waals surface area contributed by atoms with Crippen molar-refractivity contribution in [2.24, 2.45) is 0 Å². The van der Waals surface area contributed by atoms with Crippen LogP contribution < -0.4 is 20.7 Å². The highest BCUT2D eigenvalue weighted by atomic mass is 19.1. The number of amides is 2. The lowest BCUT2D eigenvalue weighted by molar-refractivity contribution is 0.227. The van der Waals surface area contributed by atoms with Crippen molar-refractivity contribution in [1.82, 2.24) is 20.6 Å². The second-order valence-electron chi connectivity index (χ2n) is 5.07. The van der Waals surface area contributed by atoms with Gasteiger partial charge in [-0.05, 0) is 37.3 Å². The average Bonchev–Trinajstić information content (AvgIpc) is 2.59. The molecular weight excluding hydrogens is 313 g/mol. The first kappa shape index (κ1) is 17.5. The zero-order chi connectivity index (χ0) is 17.2. The molecule has 0 unspecified atom stereocenters. The summed E-state index contributed by atoms with van der Waals surface area (Å²) in [5.41, 5.74) is 0. The summed E-state index contributed by atoms with van der Waals surface area (Å²) in [7, 11) is 0. The van der Waals surface area contributed by atoms with Crippen LogP contribution in [0.4, 0.5) is 15.1 Å². The Morgan fingerprint density at radius 1 is 1.21 bits per heavy atom. The van der Waals surface area contributed by atoms with Crippen LogP contribution in [-0.4, -0.2) is 41.7 Å². The quantitative estimate of drug-likeness (QED) is 0.641. The summed E-state index contributed by atoms with van der Waals surface area (Å²) in [4.78, 5) is 19.8. The molecule has 1 atom stereocenters. The topological polar surface area (TPSA) is 88.2 Å². The maximum Gasteiger partial charge on any atom is 0.315 e. The van der Waals surface area contributed by atoms with Crippen molar-refractivity contribution in [3.63, 3.8) is 0 Å². The lowest BCUT2D eigenvalue weighted by atomic mass is 10.3. The van der Waals surface area contributed by atoms with Crippen LogP contribution in [-0.2, 0) is 0 Å². The highest BCUT2D eigenvalue weighted by Crippen LogP contribution is 2.11. The smallest absolute Gasteiger partial charge is 0.315 e. The first-order valence-corrected chi connectivity index (χ1v) is 7.57. The molecule has 8 heteroatoms. The van der Waals surface area contributed by atoms with Gasteiger partial charge in [-0.2, -0.15) is 0 Å². The maximum atomic E-state index is 12.8. The van der Waals surface area contributed by atoms with Gasteiger partial charge in [0.25, 0.3) is 0 Å². The monoisotopic (exact) mass is 333 g/mol. The van der Waals surface area contributed by atoms with Gasteiger partial charge >= 0.3 is 6.03 Å².